The van der Waals surface area contributed by atoms with E-state index in [4.69, 9.17) is 0 Å². The van der Waals surface area contributed by atoms with Gasteiger partial charge in [0.05, 0.1) is 10.5 Å². The Kier molecular flexibility index (Phi) is 4.05. The molecule has 0 spiro atoms. The van der Waals surface area contributed by atoms with E-state index < -0.39 is 26.2 Å². The maximum Gasteiger partial charge on any atom is 0.289 e. The molecule has 0 amide bonds. The molecule has 0 unspecified atom stereocenters. The van der Waals surface area contributed by atoms with E-state index in [1.54, 1.807) is 0 Å². The number of nitro groups is 1. The summed E-state index contributed by atoms with van der Waals surface area (Å²) in [4.78, 5) is 10.1. The fourth-order valence-electron chi connectivity index (χ4n) is 2.65. The first-order chi connectivity index (χ1) is 9.71. The van der Waals surface area contributed by atoms with Crippen LogP contribution in [-0.4, -0.2) is 41.4 Å². The summed E-state index contributed by atoms with van der Waals surface area (Å²) < 4.78 is 26.2. The van der Waals surface area contributed by atoms with Crippen molar-refractivity contribution in [3.8, 4) is 0 Å². The van der Waals surface area contributed by atoms with Crippen LogP contribution in [0.25, 0.3) is 0 Å². The highest BCUT2D eigenvalue weighted by molar-refractivity contribution is 7.89. The van der Waals surface area contributed by atoms with Gasteiger partial charge in [0.1, 0.15) is 0 Å². The number of hydrogen-bond acceptors (Lipinski definition) is 5. The maximum atomic E-state index is 12.6. The Morgan fingerprint density at radius 3 is 2.57 bits per heavy atom. The van der Waals surface area contributed by atoms with Crippen LogP contribution >= 0.6 is 0 Å². The molecule has 1 aromatic carbocycles. The molecule has 21 heavy (non-hydrogen) atoms. The third-order valence-electron chi connectivity index (χ3n) is 3.64. The number of aliphatic hydroxyl groups is 1. The van der Waals surface area contributed by atoms with E-state index in [0.717, 1.165) is 10.7 Å². The molecule has 1 aliphatic heterocycles. The van der Waals surface area contributed by atoms with Gasteiger partial charge in [-0.1, -0.05) is 25.5 Å². The SMILES string of the molecule is CCCC1(O)CN(S(=O)(=O)c2c(C)cccc2[N+](=O)[O-])C1. The molecular weight excluding hydrogens is 296 g/mol. The van der Waals surface area contributed by atoms with Crippen molar-refractivity contribution in [2.24, 2.45) is 0 Å². The zero-order valence-electron chi connectivity index (χ0n) is 11.9. The summed E-state index contributed by atoms with van der Waals surface area (Å²) in [6, 6.07) is 4.16. The molecule has 0 aliphatic carbocycles. The molecule has 0 saturated carbocycles. The molecule has 1 N–H and O–H groups in total. The predicted molar refractivity (Wildman–Crippen MR) is 76.5 cm³/mol. The maximum absolute atomic E-state index is 12.6. The smallest absolute Gasteiger partial charge is 0.289 e. The zero-order chi connectivity index (χ0) is 15.8. The first-order valence-electron chi connectivity index (χ1n) is 6.68. The molecule has 0 aromatic heterocycles. The molecule has 1 aromatic rings. The minimum atomic E-state index is -3.97. The van der Waals surface area contributed by atoms with E-state index in [2.05, 4.69) is 0 Å². The van der Waals surface area contributed by atoms with Crippen LogP contribution in [0.5, 0.6) is 0 Å². The largest absolute Gasteiger partial charge is 0.387 e. The van der Waals surface area contributed by atoms with Gasteiger partial charge in [-0.15, -0.1) is 0 Å². The van der Waals surface area contributed by atoms with E-state index in [-0.39, 0.29) is 18.0 Å². The fraction of sp³-hybridized carbons (Fsp3) is 0.538. The molecule has 116 valence electrons. The Balaban J connectivity index is 2.37. The van der Waals surface area contributed by atoms with Crippen molar-refractivity contribution in [1.29, 1.82) is 0 Å². The highest BCUT2D eigenvalue weighted by Gasteiger charge is 2.48. The normalized spacial score (nSPS) is 18.2. The Labute approximate surface area is 123 Å². The van der Waals surface area contributed by atoms with Crippen LogP contribution in [0.2, 0.25) is 0 Å². The summed E-state index contributed by atoms with van der Waals surface area (Å²) >= 11 is 0. The molecule has 0 bridgehead atoms. The van der Waals surface area contributed by atoms with Gasteiger partial charge in [-0.25, -0.2) is 8.42 Å². The van der Waals surface area contributed by atoms with Crippen LogP contribution < -0.4 is 0 Å². The molecule has 1 saturated heterocycles. The summed E-state index contributed by atoms with van der Waals surface area (Å²) in [5.74, 6) is 0. The third-order valence-corrected chi connectivity index (χ3v) is 5.63. The van der Waals surface area contributed by atoms with Gasteiger partial charge in [-0.05, 0) is 18.9 Å². The number of nitrogens with zero attached hydrogens (tertiary/aromatic N) is 2. The number of aryl methyl sites for hydroxylation is 1. The summed E-state index contributed by atoms with van der Waals surface area (Å²) in [6.07, 6.45) is 1.25. The van der Waals surface area contributed by atoms with Gasteiger partial charge in [0.15, 0.2) is 4.90 Å². The topological polar surface area (TPSA) is 101 Å². The average Bonchev–Trinajstić information content (AvgIpc) is 2.35. The summed E-state index contributed by atoms with van der Waals surface area (Å²) in [6.45, 7) is 3.39. The minimum absolute atomic E-state index is 0.0192. The van der Waals surface area contributed by atoms with E-state index in [0.29, 0.717) is 12.0 Å². The molecule has 0 atom stereocenters. The highest BCUT2D eigenvalue weighted by atomic mass is 32.2. The summed E-state index contributed by atoms with van der Waals surface area (Å²) in [7, 11) is -3.97. The number of nitro benzene ring substituents is 1. The summed E-state index contributed by atoms with van der Waals surface area (Å²) in [5.41, 5.74) is -1.12. The van der Waals surface area contributed by atoms with Gasteiger partial charge >= 0.3 is 0 Å². The highest BCUT2D eigenvalue weighted by Crippen LogP contribution is 2.35. The number of rotatable bonds is 5. The van der Waals surface area contributed by atoms with Crippen molar-refractivity contribution in [1.82, 2.24) is 4.31 Å². The van der Waals surface area contributed by atoms with Crippen LogP contribution in [0, 0.1) is 17.0 Å². The van der Waals surface area contributed by atoms with Crippen molar-refractivity contribution < 1.29 is 18.4 Å². The third kappa shape index (κ3) is 2.78. The van der Waals surface area contributed by atoms with Gasteiger partial charge in [0.25, 0.3) is 5.69 Å². The van der Waals surface area contributed by atoms with Crippen molar-refractivity contribution in [3.05, 3.63) is 33.9 Å². The molecular formula is C13H18N2O5S. The van der Waals surface area contributed by atoms with E-state index in [1.807, 2.05) is 6.92 Å². The van der Waals surface area contributed by atoms with Crippen LogP contribution in [0.3, 0.4) is 0 Å². The molecule has 0 radical (unpaired) electrons. The summed E-state index contributed by atoms with van der Waals surface area (Å²) in [5, 5.41) is 21.2. The van der Waals surface area contributed by atoms with E-state index >= 15 is 0 Å². The number of hydrogen-bond donors (Lipinski definition) is 1. The quantitative estimate of drug-likeness (QED) is 0.654. The van der Waals surface area contributed by atoms with Crippen LogP contribution in [0.4, 0.5) is 5.69 Å². The van der Waals surface area contributed by atoms with Gasteiger partial charge in [0, 0.05) is 19.2 Å². The lowest BCUT2D eigenvalue weighted by molar-refractivity contribution is -0.388. The fourth-order valence-corrected chi connectivity index (χ4v) is 4.61. The lowest BCUT2D eigenvalue weighted by Gasteiger charge is -2.45. The van der Waals surface area contributed by atoms with Crippen LogP contribution in [0.1, 0.15) is 25.3 Å². The molecule has 1 fully saturated rings. The lowest BCUT2D eigenvalue weighted by Crippen LogP contribution is -2.63. The van der Waals surface area contributed by atoms with Gasteiger partial charge in [-0.2, -0.15) is 4.31 Å². The standard InChI is InChI=1S/C13H18N2O5S/c1-3-7-13(16)8-14(9-13)21(19,20)12-10(2)5-4-6-11(12)15(17)18/h4-6,16H,3,7-9H2,1-2H3. The Hall–Kier alpha value is -1.51. The molecule has 1 aliphatic rings. The van der Waals surface area contributed by atoms with Gasteiger partial charge in [-0.3, -0.25) is 10.1 Å². The molecule has 1 heterocycles. The molecule has 8 heteroatoms. The van der Waals surface area contributed by atoms with E-state index in [9.17, 15) is 23.6 Å². The van der Waals surface area contributed by atoms with Gasteiger partial charge in [0.2, 0.25) is 10.0 Å². The minimum Gasteiger partial charge on any atom is -0.387 e. The van der Waals surface area contributed by atoms with E-state index in [1.165, 1.54) is 25.1 Å². The van der Waals surface area contributed by atoms with Crippen molar-refractivity contribution in [2.45, 2.75) is 37.2 Å². The van der Waals surface area contributed by atoms with Crippen molar-refractivity contribution >= 4 is 15.7 Å². The molecule has 7 nitrogen and oxygen atoms in total. The number of β-amino-alcohol motifs (C(OH)–C–C–N with tert-alkyl or cyclic N) is 1. The van der Waals surface area contributed by atoms with Gasteiger partial charge < -0.3 is 5.11 Å². The second-order valence-electron chi connectivity index (χ2n) is 5.43. The Morgan fingerprint density at radius 1 is 1.43 bits per heavy atom. The number of sulfonamides is 1. The Bertz CT molecular complexity index is 665. The lowest BCUT2D eigenvalue weighted by atomic mass is 9.92. The molecule has 2 rings (SSSR count). The van der Waals surface area contributed by atoms with Crippen molar-refractivity contribution in [3.63, 3.8) is 0 Å². The average molecular weight is 314 g/mol. The number of benzene rings is 1. The van der Waals surface area contributed by atoms with Crippen molar-refractivity contribution in [2.75, 3.05) is 13.1 Å². The first-order valence-corrected chi connectivity index (χ1v) is 8.12. The zero-order valence-corrected chi connectivity index (χ0v) is 12.8. The second-order valence-corrected chi connectivity index (χ2v) is 7.30. The van der Waals surface area contributed by atoms with Crippen LogP contribution in [-0.2, 0) is 10.0 Å². The Morgan fingerprint density at radius 2 is 2.05 bits per heavy atom. The van der Waals surface area contributed by atoms with Crippen LogP contribution in [0.15, 0.2) is 23.1 Å². The first kappa shape index (κ1) is 15.9. The monoisotopic (exact) mass is 314 g/mol. The predicted octanol–water partition coefficient (Wildman–Crippen LogP) is 1.44. The second kappa shape index (κ2) is 5.36.